The molecule has 20 heavy (non-hydrogen) atoms. The van der Waals surface area contributed by atoms with E-state index in [2.05, 4.69) is 26.3 Å². The van der Waals surface area contributed by atoms with Gasteiger partial charge >= 0.3 is 0 Å². The molecule has 0 aliphatic heterocycles. The van der Waals surface area contributed by atoms with E-state index >= 15 is 0 Å². The van der Waals surface area contributed by atoms with Crippen LogP contribution in [0, 0.1) is 12.3 Å². The van der Waals surface area contributed by atoms with Gasteiger partial charge in [0.2, 0.25) is 5.91 Å². The summed E-state index contributed by atoms with van der Waals surface area (Å²) in [6.07, 6.45) is -2.67. The summed E-state index contributed by atoms with van der Waals surface area (Å²) in [5.74, 6) is -0.244. The molecule has 1 heterocycles. The van der Waals surface area contributed by atoms with E-state index in [1.807, 2.05) is 27.7 Å². The predicted octanol–water partition coefficient (Wildman–Crippen LogP) is 3.44. The molecule has 1 amide bonds. The maximum Gasteiger partial charge on any atom is 0.283 e. The van der Waals surface area contributed by atoms with Gasteiger partial charge in [-0.3, -0.25) is 9.48 Å². The van der Waals surface area contributed by atoms with Crippen LogP contribution >= 0.6 is 15.9 Å². The summed E-state index contributed by atoms with van der Waals surface area (Å²) in [4.78, 5) is 11.9. The number of carbonyl (C=O) groups excluding carboxylic acids is 1. The molecule has 1 aromatic heterocycles. The number of nitrogens with zero attached hydrogens (tertiary/aromatic N) is 2. The normalized spacial score (nSPS) is 13.7. The lowest BCUT2D eigenvalue weighted by atomic mass is 9.88. The second-order valence-corrected chi connectivity index (χ2v) is 6.69. The SMILES string of the molecule is Cc1c(Br)c(C(F)F)nn1CC(=O)N[C@H](C)C(C)(C)C. The van der Waals surface area contributed by atoms with Gasteiger partial charge in [-0.1, -0.05) is 20.8 Å². The molecule has 7 heteroatoms. The minimum atomic E-state index is -2.67. The first kappa shape index (κ1) is 17.1. The Hall–Kier alpha value is -0.980. The average Bonchev–Trinajstić information content (AvgIpc) is 2.56. The van der Waals surface area contributed by atoms with Crippen molar-refractivity contribution in [3.8, 4) is 0 Å². The third kappa shape index (κ3) is 4.01. The summed E-state index contributed by atoms with van der Waals surface area (Å²) in [5, 5.41) is 6.63. The minimum absolute atomic E-state index is 0.0242. The topological polar surface area (TPSA) is 46.9 Å². The highest BCUT2D eigenvalue weighted by Crippen LogP contribution is 2.28. The van der Waals surface area contributed by atoms with Crippen LogP contribution in [0.5, 0.6) is 0 Å². The van der Waals surface area contributed by atoms with Crippen molar-refractivity contribution in [2.24, 2.45) is 5.41 Å². The molecule has 0 aromatic carbocycles. The van der Waals surface area contributed by atoms with Crippen LogP contribution in [0.15, 0.2) is 4.47 Å². The molecule has 0 saturated carbocycles. The van der Waals surface area contributed by atoms with Gasteiger partial charge in [0, 0.05) is 6.04 Å². The van der Waals surface area contributed by atoms with Crippen molar-refractivity contribution in [3.05, 3.63) is 15.9 Å². The lowest BCUT2D eigenvalue weighted by Gasteiger charge is -2.28. The van der Waals surface area contributed by atoms with Crippen LogP contribution in [0.25, 0.3) is 0 Å². The number of rotatable bonds is 4. The van der Waals surface area contributed by atoms with Crippen LogP contribution in [-0.4, -0.2) is 21.7 Å². The van der Waals surface area contributed by atoms with E-state index in [1.54, 1.807) is 6.92 Å². The highest BCUT2D eigenvalue weighted by molar-refractivity contribution is 9.10. The molecule has 4 nitrogen and oxygen atoms in total. The first-order chi connectivity index (χ1) is 9.04. The van der Waals surface area contributed by atoms with Crippen molar-refractivity contribution in [1.82, 2.24) is 15.1 Å². The number of amides is 1. The largest absolute Gasteiger partial charge is 0.352 e. The first-order valence-corrected chi connectivity index (χ1v) is 7.13. The lowest BCUT2D eigenvalue weighted by molar-refractivity contribution is -0.123. The molecule has 0 bridgehead atoms. The molecule has 0 aliphatic rings. The van der Waals surface area contributed by atoms with Crippen molar-refractivity contribution in [2.45, 2.75) is 53.6 Å². The van der Waals surface area contributed by atoms with Crippen LogP contribution in [-0.2, 0) is 11.3 Å². The second-order valence-electron chi connectivity index (χ2n) is 5.90. The summed E-state index contributed by atoms with van der Waals surface area (Å²) < 4.78 is 27.0. The quantitative estimate of drug-likeness (QED) is 0.902. The fourth-order valence-electron chi connectivity index (χ4n) is 1.48. The third-order valence-electron chi connectivity index (χ3n) is 3.33. The van der Waals surface area contributed by atoms with Crippen LogP contribution < -0.4 is 5.32 Å². The van der Waals surface area contributed by atoms with Crippen LogP contribution in [0.2, 0.25) is 0 Å². The van der Waals surface area contributed by atoms with Crippen molar-refractivity contribution in [2.75, 3.05) is 0 Å². The molecule has 0 radical (unpaired) electrons. The Labute approximate surface area is 126 Å². The fraction of sp³-hybridized carbons (Fsp3) is 0.692. The Morgan fingerprint density at radius 3 is 2.40 bits per heavy atom. The lowest BCUT2D eigenvalue weighted by Crippen LogP contribution is -2.43. The zero-order valence-electron chi connectivity index (χ0n) is 12.3. The maximum atomic E-state index is 12.7. The summed E-state index contributed by atoms with van der Waals surface area (Å²) in [6.45, 7) is 9.53. The van der Waals surface area contributed by atoms with Gasteiger partial charge in [0.15, 0.2) is 0 Å². The Balaban J connectivity index is 2.79. The molecular formula is C13H20BrF2N3O. The summed E-state index contributed by atoms with van der Waals surface area (Å²) in [7, 11) is 0. The molecule has 1 aromatic rings. The molecule has 0 unspecified atom stereocenters. The van der Waals surface area contributed by atoms with Crippen molar-refractivity contribution >= 4 is 21.8 Å². The van der Waals surface area contributed by atoms with E-state index in [-0.39, 0.29) is 34.1 Å². The zero-order chi connectivity index (χ0) is 15.7. The van der Waals surface area contributed by atoms with Gasteiger partial charge in [-0.25, -0.2) is 8.78 Å². The standard InChI is InChI=1S/C13H20BrF2N3O/c1-7-10(14)11(12(15)16)18-19(7)6-9(20)17-8(2)13(3,4)5/h8,12H,6H2,1-5H3,(H,17,20)/t8-/m1/s1. The minimum Gasteiger partial charge on any atom is -0.352 e. The molecule has 0 spiro atoms. The second kappa shape index (κ2) is 6.20. The number of hydrogen-bond acceptors (Lipinski definition) is 2. The maximum absolute atomic E-state index is 12.7. The Kier molecular flexibility index (Phi) is 5.29. The van der Waals surface area contributed by atoms with Gasteiger partial charge in [-0.15, -0.1) is 0 Å². The highest BCUT2D eigenvalue weighted by atomic mass is 79.9. The van der Waals surface area contributed by atoms with E-state index in [9.17, 15) is 13.6 Å². The summed E-state index contributed by atoms with van der Waals surface area (Å²) in [5.41, 5.74) is 0.113. The van der Waals surface area contributed by atoms with E-state index in [1.165, 1.54) is 4.68 Å². The monoisotopic (exact) mass is 351 g/mol. The number of nitrogens with one attached hydrogen (secondary N) is 1. The van der Waals surface area contributed by atoms with Crippen molar-refractivity contribution in [1.29, 1.82) is 0 Å². The summed E-state index contributed by atoms with van der Waals surface area (Å²) in [6, 6.07) is -0.0242. The van der Waals surface area contributed by atoms with Crippen LogP contribution in [0.3, 0.4) is 0 Å². The third-order valence-corrected chi connectivity index (χ3v) is 4.31. The molecule has 0 saturated heterocycles. The van der Waals surface area contributed by atoms with Crippen LogP contribution in [0.1, 0.15) is 45.5 Å². The first-order valence-electron chi connectivity index (χ1n) is 6.34. The highest BCUT2D eigenvalue weighted by Gasteiger charge is 2.24. The molecule has 1 rings (SSSR count). The molecule has 1 atom stereocenters. The number of carbonyl (C=O) groups is 1. The van der Waals surface area contributed by atoms with E-state index in [0.717, 1.165) is 0 Å². The molecular weight excluding hydrogens is 332 g/mol. The Morgan fingerprint density at radius 1 is 1.45 bits per heavy atom. The van der Waals surface area contributed by atoms with Gasteiger partial charge in [-0.05, 0) is 35.2 Å². The van der Waals surface area contributed by atoms with Crippen LogP contribution in [0.4, 0.5) is 8.78 Å². The average molecular weight is 352 g/mol. The van der Waals surface area contributed by atoms with E-state index < -0.39 is 6.43 Å². The number of aromatic nitrogens is 2. The van der Waals surface area contributed by atoms with Gasteiger partial charge in [0.1, 0.15) is 12.2 Å². The number of hydrogen-bond donors (Lipinski definition) is 1. The molecule has 1 N–H and O–H groups in total. The number of alkyl halides is 2. The fourth-order valence-corrected chi connectivity index (χ4v) is 1.94. The smallest absolute Gasteiger partial charge is 0.283 e. The van der Waals surface area contributed by atoms with Gasteiger partial charge in [0.25, 0.3) is 6.43 Å². The van der Waals surface area contributed by atoms with E-state index in [4.69, 9.17) is 0 Å². The Bertz CT molecular complexity index is 495. The molecule has 0 aliphatic carbocycles. The molecule has 114 valence electrons. The predicted molar refractivity (Wildman–Crippen MR) is 76.7 cm³/mol. The van der Waals surface area contributed by atoms with E-state index in [0.29, 0.717) is 5.69 Å². The number of halogens is 3. The van der Waals surface area contributed by atoms with Gasteiger partial charge in [0.05, 0.1) is 10.2 Å². The van der Waals surface area contributed by atoms with Gasteiger partial charge < -0.3 is 5.32 Å². The molecule has 0 fully saturated rings. The van der Waals surface area contributed by atoms with Gasteiger partial charge in [-0.2, -0.15) is 5.10 Å². The zero-order valence-corrected chi connectivity index (χ0v) is 13.9. The van der Waals surface area contributed by atoms with Crippen molar-refractivity contribution < 1.29 is 13.6 Å². The summed E-state index contributed by atoms with van der Waals surface area (Å²) >= 11 is 3.08. The Morgan fingerprint density at radius 2 is 2.00 bits per heavy atom. The van der Waals surface area contributed by atoms with Crippen molar-refractivity contribution in [3.63, 3.8) is 0 Å².